The summed E-state index contributed by atoms with van der Waals surface area (Å²) in [5, 5.41) is 5.47. The molecule has 20 heavy (non-hydrogen) atoms. The Morgan fingerprint density at radius 1 is 1.50 bits per heavy atom. The summed E-state index contributed by atoms with van der Waals surface area (Å²) in [6.45, 7) is 4.56. The smallest absolute Gasteiger partial charge is 0.258 e. The molecule has 1 fully saturated rings. The number of thiophene rings is 1. The fraction of sp³-hybridized carbons (Fsp3) is 0.429. The maximum atomic E-state index is 12.2. The van der Waals surface area contributed by atoms with E-state index < -0.39 is 5.60 Å². The molecule has 0 spiro atoms. The highest BCUT2D eigenvalue weighted by atomic mass is 32.1. The minimum Gasteiger partial charge on any atom is -0.365 e. The summed E-state index contributed by atoms with van der Waals surface area (Å²) in [5.41, 5.74) is 0.214. The number of aromatic nitrogens is 1. The summed E-state index contributed by atoms with van der Waals surface area (Å²) in [7, 11) is 0. The first-order chi connectivity index (χ1) is 9.57. The van der Waals surface area contributed by atoms with E-state index in [1.54, 1.807) is 11.3 Å². The predicted octanol–water partition coefficient (Wildman–Crippen LogP) is 3.69. The summed E-state index contributed by atoms with van der Waals surface area (Å²) >= 11 is 3.15. The van der Waals surface area contributed by atoms with Crippen molar-refractivity contribution in [1.29, 1.82) is 0 Å². The molecule has 0 bridgehead atoms. The molecule has 1 atom stereocenters. The molecule has 3 rings (SSSR count). The number of hydrogen-bond donors (Lipinski definition) is 1. The Balaban J connectivity index is 1.73. The minimum absolute atomic E-state index is 0.0988. The third kappa shape index (κ3) is 2.63. The second-order valence-electron chi connectivity index (χ2n) is 5.09. The minimum atomic E-state index is -0.703. The van der Waals surface area contributed by atoms with Gasteiger partial charge < -0.3 is 4.74 Å². The zero-order valence-electron chi connectivity index (χ0n) is 11.4. The van der Waals surface area contributed by atoms with Crippen LogP contribution in [0.2, 0.25) is 0 Å². The van der Waals surface area contributed by atoms with Crippen LogP contribution >= 0.6 is 22.7 Å². The molecule has 6 heteroatoms. The van der Waals surface area contributed by atoms with Gasteiger partial charge >= 0.3 is 0 Å². The van der Waals surface area contributed by atoms with Gasteiger partial charge in [0.2, 0.25) is 0 Å². The number of hydrogen-bond acceptors (Lipinski definition) is 5. The number of carbonyl (C=O) groups is 1. The summed E-state index contributed by atoms with van der Waals surface area (Å²) < 4.78 is 5.54. The van der Waals surface area contributed by atoms with E-state index in [0.29, 0.717) is 11.7 Å². The van der Waals surface area contributed by atoms with E-state index in [2.05, 4.69) is 29.4 Å². The zero-order chi connectivity index (χ0) is 14.2. The van der Waals surface area contributed by atoms with Crippen LogP contribution in [0.25, 0.3) is 10.6 Å². The van der Waals surface area contributed by atoms with E-state index in [1.165, 1.54) is 16.2 Å². The van der Waals surface area contributed by atoms with Crippen molar-refractivity contribution in [3.05, 3.63) is 22.4 Å². The molecule has 0 radical (unpaired) electrons. The van der Waals surface area contributed by atoms with Crippen molar-refractivity contribution in [2.45, 2.75) is 32.3 Å². The van der Waals surface area contributed by atoms with Gasteiger partial charge in [-0.2, -0.15) is 0 Å². The fourth-order valence-electron chi connectivity index (χ4n) is 2.20. The average molecular weight is 308 g/mol. The van der Waals surface area contributed by atoms with E-state index in [4.69, 9.17) is 4.74 Å². The molecule has 2 aromatic rings. The van der Waals surface area contributed by atoms with E-state index >= 15 is 0 Å². The topological polar surface area (TPSA) is 51.2 Å². The molecule has 1 amide bonds. The van der Waals surface area contributed by atoms with Gasteiger partial charge in [0.25, 0.3) is 5.91 Å². The SMILES string of the molecule is Cc1ccc(-c2csc(NC(=O)C3(C)CCCO3)n2)s1. The molecule has 2 aromatic heterocycles. The number of carbonyl (C=O) groups excluding carboxylic acids is 1. The van der Waals surface area contributed by atoms with Crippen LogP contribution in [0.15, 0.2) is 17.5 Å². The molecule has 1 unspecified atom stereocenters. The summed E-state index contributed by atoms with van der Waals surface area (Å²) in [6.07, 6.45) is 1.70. The number of aryl methyl sites for hydroxylation is 1. The first-order valence-corrected chi connectivity index (χ1v) is 8.24. The number of thiazole rings is 1. The number of rotatable bonds is 3. The monoisotopic (exact) mass is 308 g/mol. The van der Waals surface area contributed by atoms with Crippen molar-refractivity contribution >= 4 is 33.7 Å². The van der Waals surface area contributed by atoms with Gasteiger partial charge in [-0.25, -0.2) is 4.98 Å². The Morgan fingerprint density at radius 3 is 3.00 bits per heavy atom. The second-order valence-corrected chi connectivity index (χ2v) is 7.23. The Bertz CT molecular complexity index is 627. The van der Waals surface area contributed by atoms with E-state index in [0.717, 1.165) is 23.4 Å². The molecule has 3 heterocycles. The van der Waals surface area contributed by atoms with Crippen LogP contribution in [0.5, 0.6) is 0 Å². The van der Waals surface area contributed by atoms with Crippen LogP contribution in [0, 0.1) is 6.92 Å². The summed E-state index contributed by atoms with van der Waals surface area (Å²) in [4.78, 5) is 19.1. The number of amides is 1. The largest absolute Gasteiger partial charge is 0.365 e. The van der Waals surface area contributed by atoms with Crippen LogP contribution in [0.3, 0.4) is 0 Å². The van der Waals surface area contributed by atoms with Crippen LogP contribution in [0.1, 0.15) is 24.6 Å². The normalized spacial score (nSPS) is 22.1. The highest BCUT2D eigenvalue weighted by Crippen LogP contribution is 2.32. The van der Waals surface area contributed by atoms with E-state index in [-0.39, 0.29) is 5.91 Å². The molecular formula is C14H16N2O2S2. The maximum Gasteiger partial charge on any atom is 0.258 e. The second kappa shape index (κ2) is 5.27. The third-order valence-electron chi connectivity index (χ3n) is 3.42. The van der Waals surface area contributed by atoms with Crippen molar-refractivity contribution in [3.8, 4) is 10.6 Å². The highest BCUT2D eigenvalue weighted by molar-refractivity contribution is 7.17. The zero-order valence-corrected chi connectivity index (χ0v) is 13.1. The molecule has 106 valence electrons. The molecule has 1 N–H and O–H groups in total. The number of nitrogens with one attached hydrogen (secondary N) is 1. The first-order valence-electron chi connectivity index (χ1n) is 6.55. The standard InChI is InChI=1S/C14H16N2O2S2/c1-9-4-5-11(20-9)10-8-19-13(15-10)16-12(17)14(2)6-3-7-18-14/h4-5,8H,3,6-7H2,1-2H3,(H,15,16,17). The molecule has 0 aromatic carbocycles. The maximum absolute atomic E-state index is 12.2. The van der Waals surface area contributed by atoms with Gasteiger partial charge in [-0.05, 0) is 38.8 Å². The number of nitrogens with zero attached hydrogens (tertiary/aromatic N) is 1. The molecular weight excluding hydrogens is 292 g/mol. The fourth-order valence-corrected chi connectivity index (χ4v) is 3.81. The molecule has 1 aliphatic heterocycles. The Hall–Kier alpha value is -1.24. The van der Waals surface area contributed by atoms with Gasteiger partial charge in [-0.3, -0.25) is 10.1 Å². The van der Waals surface area contributed by atoms with Crippen LogP contribution in [0.4, 0.5) is 5.13 Å². The lowest BCUT2D eigenvalue weighted by Crippen LogP contribution is -2.39. The third-order valence-corrected chi connectivity index (χ3v) is 5.20. The Labute approximate surface area is 125 Å². The van der Waals surface area contributed by atoms with Crippen molar-refractivity contribution < 1.29 is 9.53 Å². The Kier molecular flexibility index (Phi) is 3.62. The molecule has 0 saturated carbocycles. The van der Waals surface area contributed by atoms with Crippen LogP contribution in [-0.2, 0) is 9.53 Å². The lowest BCUT2D eigenvalue weighted by Gasteiger charge is -2.20. The van der Waals surface area contributed by atoms with Crippen LogP contribution in [-0.4, -0.2) is 23.1 Å². The average Bonchev–Trinajstić information content (AvgIpc) is 3.11. The quantitative estimate of drug-likeness (QED) is 0.941. The van der Waals surface area contributed by atoms with Gasteiger partial charge in [-0.15, -0.1) is 22.7 Å². The number of anilines is 1. The van der Waals surface area contributed by atoms with Gasteiger partial charge in [0.1, 0.15) is 5.60 Å². The number of ether oxygens (including phenoxy) is 1. The molecule has 1 saturated heterocycles. The summed E-state index contributed by atoms with van der Waals surface area (Å²) in [6, 6.07) is 4.13. The Morgan fingerprint density at radius 2 is 2.35 bits per heavy atom. The first kappa shape index (κ1) is 13.7. The molecule has 1 aliphatic rings. The molecule has 4 nitrogen and oxygen atoms in total. The van der Waals surface area contributed by atoms with E-state index in [1.807, 2.05) is 12.3 Å². The van der Waals surface area contributed by atoms with Gasteiger partial charge in [0.05, 0.1) is 10.6 Å². The highest BCUT2D eigenvalue weighted by Gasteiger charge is 2.38. The van der Waals surface area contributed by atoms with Crippen molar-refractivity contribution in [2.24, 2.45) is 0 Å². The van der Waals surface area contributed by atoms with E-state index in [9.17, 15) is 4.79 Å². The van der Waals surface area contributed by atoms with Gasteiger partial charge in [0, 0.05) is 16.9 Å². The lowest BCUT2D eigenvalue weighted by molar-refractivity contribution is -0.133. The lowest BCUT2D eigenvalue weighted by atomic mass is 10.0. The van der Waals surface area contributed by atoms with Crippen molar-refractivity contribution in [2.75, 3.05) is 11.9 Å². The summed E-state index contributed by atoms with van der Waals surface area (Å²) in [5.74, 6) is -0.0988. The van der Waals surface area contributed by atoms with Crippen LogP contribution < -0.4 is 5.32 Å². The van der Waals surface area contributed by atoms with Crippen molar-refractivity contribution in [3.63, 3.8) is 0 Å². The van der Waals surface area contributed by atoms with Crippen molar-refractivity contribution in [1.82, 2.24) is 4.98 Å². The predicted molar refractivity (Wildman–Crippen MR) is 82.4 cm³/mol. The van der Waals surface area contributed by atoms with Gasteiger partial charge in [0.15, 0.2) is 5.13 Å². The van der Waals surface area contributed by atoms with Gasteiger partial charge in [-0.1, -0.05) is 0 Å². The molecule has 0 aliphatic carbocycles.